The van der Waals surface area contributed by atoms with E-state index in [4.69, 9.17) is 0 Å². The molecular weight excluding hydrogens is 237 g/mol. The van der Waals surface area contributed by atoms with Crippen LogP contribution in [0.1, 0.15) is 57.9 Å². The average molecular weight is 265 g/mol. The second kappa shape index (κ2) is 9.08. The van der Waals surface area contributed by atoms with Gasteiger partial charge in [0.15, 0.2) is 0 Å². The first-order valence-electron chi connectivity index (χ1n) is 7.67. The molecule has 0 saturated carbocycles. The Bertz CT molecular complexity index is 330. The average Bonchev–Trinajstić information content (AvgIpc) is 2.44. The first kappa shape index (κ1) is 16.2. The molecule has 0 bridgehead atoms. The van der Waals surface area contributed by atoms with Crippen LogP contribution in [0.15, 0.2) is 24.3 Å². The Balaban J connectivity index is 2.69. The molecule has 1 nitrogen and oxygen atoms in total. The number of benzene rings is 1. The van der Waals surface area contributed by atoms with Gasteiger partial charge in [0, 0.05) is 6.54 Å². The van der Waals surface area contributed by atoms with Crippen LogP contribution in [0, 0.1) is 11.7 Å². The van der Waals surface area contributed by atoms with Crippen molar-refractivity contribution in [2.45, 2.75) is 52.4 Å². The highest BCUT2D eigenvalue weighted by atomic mass is 19.1. The molecule has 2 heteroatoms. The SMILES string of the molecule is CCCNCC(CC(CC)CC)c1ccc(F)cc1. The molecule has 0 radical (unpaired) electrons. The van der Waals surface area contributed by atoms with E-state index in [1.165, 1.54) is 24.8 Å². The minimum absolute atomic E-state index is 0.147. The van der Waals surface area contributed by atoms with Gasteiger partial charge in [0.1, 0.15) is 5.82 Å². The van der Waals surface area contributed by atoms with Crippen molar-refractivity contribution in [3.8, 4) is 0 Å². The maximum atomic E-state index is 13.0. The molecule has 1 aromatic rings. The summed E-state index contributed by atoms with van der Waals surface area (Å²) >= 11 is 0. The molecule has 19 heavy (non-hydrogen) atoms. The van der Waals surface area contributed by atoms with Crippen LogP contribution in [0.3, 0.4) is 0 Å². The van der Waals surface area contributed by atoms with E-state index in [-0.39, 0.29) is 5.82 Å². The summed E-state index contributed by atoms with van der Waals surface area (Å²) in [6, 6.07) is 7.04. The summed E-state index contributed by atoms with van der Waals surface area (Å²) in [6.45, 7) is 8.75. The summed E-state index contributed by atoms with van der Waals surface area (Å²) in [7, 11) is 0. The first-order valence-corrected chi connectivity index (χ1v) is 7.67. The van der Waals surface area contributed by atoms with Gasteiger partial charge in [-0.2, -0.15) is 0 Å². The third-order valence-electron chi connectivity index (χ3n) is 3.93. The fraction of sp³-hybridized carbons (Fsp3) is 0.647. The molecular formula is C17H28FN. The Hall–Kier alpha value is -0.890. The largest absolute Gasteiger partial charge is 0.316 e. The second-order valence-corrected chi connectivity index (χ2v) is 5.37. The van der Waals surface area contributed by atoms with Gasteiger partial charge in [-0.1, -0.05) is 45.7 Å². The molecule has 0 fully saturated rings. The molecule has 0 aromatic heterocycles. The van der Waals surface area contributed by atoms with E-state index in [1.807, 2.05) is 12.1 Å². The lowest BCUT2D eigenvalue weighted by molar-refractivity contribution is 0.398. The van der Waals surface area contributed by atoms with Gasteiger partial charge in [-0.25, -0.2) is 4.39 Å². The molecule has 0 aliphatic heterocycles. The van der Waals surface area contributed by atoms with Crippen molar-refractivity contribution in [1.82, 2.24) is 5.32 Å². The molecule has 108 valence electrons. The van der Waals surface area contributed by atoms with Crippen LogP contribution in [0.4, 0.5) is 4.39 Å². The van der Waals surface area contributed by atoms with Crippen LogP contribution in [0.2, 0.25) is 0 Å². The van der Waals surface area contributed by atoms with Gasteiger partial charge >= 0.3 is 0 Å². The van der Waals surface area contributed by atoms with Crippen LogP contribution >= 0.6 is 0 Å². The zero-order valence-corrected chi connectivity index (χ0v) is 12.6. The van der Waals surface area contributed by atoms with Crippen molar-refractivity contribution in [1.29, 1.82) is 0 Å². The van der Waals surface area contributed by atoms with Crippen molar-refractivity contribution >= 4 is 0 Å². The Labute approximate surface area is 117 Å². The second-order valence-electron chi connectivity index (χ2n) is 5.37. The van der Waals surface area contributed by atoms with Gasteiger partial charge in [0.05, 0.1) is 0 Å². The predicted molar refractivity (Wildman–Crippen MR) is 81.0 cm³/mol. The van der Waals surface area contributed by atoms with E-state index < -0.39 is 0 Å². The van der Waals surface area contributed by atoms with E-state index in [0.717, 1.165) is 25.4 Å². The zero-order chi connectivity index (χ0) is 14.1. The van der Waals surface area contributed by atoms with E-state index in [0.29, 0.717) is 5.92 Å². The lowest BCUT2D eigenvalue weighted by Gasteiger charge is -2.23. The van der Waals surface area contributed by atoms with Crippen LogP contribution in [0.5, 0.6) is 0 Å². The molecule has 0 aliphatic carbocycles. The van der Waals surface area contributed by atoms with Crippen molar-refractivity contribution < 1.29 is 4.39 Å². The molecule has 0 heterocycles. The zero-order valence-electron chi connectivity index (χ0n) is 12.6. The summed E-state index contributed by atoms with van der Waals surface area (Å²) in [6.07, 6.45) is 4.79. The van der Waals surface area contributed by atoms with Gasteiger partial charge in [-0.05, 0) is 48.9 Å². The third kappa shape index (κ3) is 5.73. The normalized spacial score (nSPS) is 12.9. The summed E-state index contributed by atoms with van der Waals surface area (Å²) in [5.41, 5.74) is 1.26. The summed E-state index contributed by atoms with van der Waals surface area (Å²) in [5, 5.41) is 3.51. The summed E-state index contributed by atoms with van der Waals surface area (Å²) in [5.74, 6) is 1.11. The molecule has 1 aromatic carbocycles. The van der Waals surface area contributed by atoms with E-state index in [2.05, 4.69) is 26.1 Å². The summed E-state index contributed by atoms with van der Waals surface area (Å²) < 4.78 is 13.0. The molecule has 1 atom stereocenters. The molecule has 1 N–H and O–H groups in total. The van der Waals surface area contributed by atoms with Gasteiger partial charge < -0.3 is 5.32 Å². The van der Waals surface area contributed by atoms with Gasteiger partial charge in [0.2, 0.25) is 0 Å². The highest BCUT2D eigenvalue weighted by Gasteiger charge is 2.16. The van der Waals surface area contributed by atoms with Crippen LogP contribution in [-0.2, 0) is 0 Å². The minimum Gasteiger partial charge on any atom is -0.316 e. The van der Waals surface area contributed by atoms with Crippen LogP contribution < -0.4 is 5.32 Å². The van der Waals surface area contributed by atoms with Crippen molar-refractivity contribution in [2.24, 2.45) is 5.92 Å². The number of rotatable bonds is 9. The monoisotopic (exact) mass is 265 g/mol. The minimum atomic E-state index is -0.147. The maximum Gasteiger partial charge on any atom is 0.123 e. The Kier molecular flexibility index (Phi) is 7.73. The lowest BCUT2D eigenvalue weighted by Crippen LogP contribution is -2.24. The molecule has 1 rings (SSSR count). The number of hydrogen-bond acceptors (Lipinski definition) is 1. The van der Waals surface area contributed by atoms with Crippen molar-refractivity contribution in [3.63, 3.8) is 0 Å². The van der Waals surface area contributed by atoms with Crippen LogP contribution in [0.25, 0.3) is 0 Å². The van der Waals surface area contributed by atoms with E-state index in [1.54, 1.807) is 12.1 Å². The van der Waals surface area contributed by atoms with E-state index >= 15 is 0 Å². The fourth-order valence-corrected chi connectivity index (χ4v) is 2.55. The maximum absolute atomic E-state index is 13.0. The molecule has 0 amide bonds. The van der Waals surface area contributed by atoms with Crippen molar-refractivity contribution in [3.05, 3.63) is 35.6 Å². The highest BCUT2D eigenvalue weighted by Crippen LogP contribution is 2.27. The molecule has 0 saturated heterocycles. The Morgan fingerprint density at radius 1 is 1.05 bits per heavy atom. The standard InChI is InChI=1S/C17H28FN/c1-4-11-19-13-16(12-14(5-2)6-3)15-7-9-17(18)10-8-15/h7-10,14,16,19H,4-6,11-13H2,1-3H3. The highest BCUT2D eigenvalue weighted by molar-refractivity contribution is 5.21. The number of hydrogen-bond donors (Lipinski definition) is 1. The summed E-state index contributed by atoms with van der Waals surface area (Å²) in [4.78, 5) is 0. The van der Waals surface area contributed by atoms with Gasteiger partial charge in [-0.15, -0.1) is 0 Å². The molecule has 0 spiro atoms. The third-order valence-corrected chi connectivity index (χ3v) is 3.93. The predicted octanol–water partition coefficient (Wildman–Crippen LogP) is 4.74. The number of halogens is 1. The number of nitrogens with one attached hydrogen (secondary N) is 1. The van der Waals surface area contributed by atoms with Gasteiger partial charge in [0.25, 0.3) is 0 Å². The lowest BCUT2D eigenvalue weighted by atomic mass is 9.86. The first-order chi connectivity index (χ1) is 9.21. The Morgan fingerprint density at radius 2 is 1.68 bits per heavy atom. The topological polar surface area (TPSA) is 12.0 Å². The quantitative estimate of drug-likeness (QED) is 0.636. The molecule has 0 aliphatic rings. The smallest absolute Gasteiger partial charge is 0.123 e. The van der Waals surface area contributed by atoms with Crippen molar-refractivity contribution in [2.75, 3.05) is 13.1 Å². The Morgan fingerprint density at radius 3 is 2.21 bits per heavy atom. The van der Waals surface area contributed by atoms with Gasteiger partial charge in [-0.3, -0.25) is 0 Å². The molecule has 1 unspecified atom stereocenters. The van der Waals surface area contributed by atoms with E-state index in [9.17, 15) is 4.39 Å². The van der Waals surface area contributed by atoms with Crippen LogP contribution in [-0.4, -0.2) is 13.1 Å². The fourth-order valence-electron chi connectivity index (χ4n) is 2.55.